The molecule has 0 fully saturated rings. The Balaban J connectivity index is 3.65. The first-order valence-corrected chi connectivity index (χ1v) is 4.16. The van der Waals surface area contributed by atoms with Crippen molar-refractivity contribution in [1.82, 2.24) is 0 Å². The Kier molecular flexibility index (Phi) is 3.17. The number of nitro groups is 1. The molecule has 7 nitrogen and oxygen atoms in total. The van der Waals surface area contributed by atoms with E-state index < -0.39 is 22.1 Å². The topological polar surface area (TPSA) is 130 Å². The van der Waals surface area contributed by atoms with E-state index in [1.165, 1.54) is 6.07 Å². The van der Waals surface area contributed by atoms with Crippen LogP contribution in [0.15, 0.2) is 12.1 Å². The van der Waals surface area contributed by atoms with Crippen LogP contribution in [0.1, 0.15) is 21.5 Å². The fraction of sp³-hybridized carbons (Fsp3) is 0.111. The maximum atomic E-state index is 10.8. The van der Waals surface area contributed by atoms with Crippen LogP contribution in [0, 0.1) is 21.4 Å². The minimum atomic E-state index is -1.43. The fourth-order valence-electron chi connectivity index (χ4n) is 1.33. The van der Waals surface area contributed by atoms with Gasteiger partial charge in [-0.2, -0.15) is 5.26 Å². The number of rotatable bonds is 3. The quantitative estimate of drug-likeness (QED) is 0.568. The van der Waals surface area contributed by atoms with E-state index in [-0.39, 0.29) is 17.7 Å². The molecule has 82 valence electrons. The van der Waals surface area contributed by atoms with Gasteiger partial charge in [0.05, 0.1) is 22.1 Å². The molecule has 0 atom stereocenters. The van der Waals surface area contributed by atoms with Crippen molar-refractivity contribution in [3.63, 3.8) is 0 Å². The number of nitriles is 1. The van der Waals surface area contributed by atoms with Crippen molar-refractivity contribution < 1.29 is 14.8 Å². The summed E-state index contributed by atoms with van der Waals surface area (Å²) in [6.45, 7) is -0.264. The molecule has 1 rings (SSSR count). The first kappa shape index (κ1) is 11.6. The Morgan fingerprint density at radius 3 is 2.62 bits per heavy atom. The minimum absolute atomic E-state index is 0.0131. The number of nitrogens with zero attached hydrogens (tertiary/aromatic N) is 2. The molecule has 0 aromatic heterocycles. The van der Waals surface area contributed by atoms with Crippen molar-refractivity contribution in [1.29, 1.82) is 5.26 Å². The second-order valence-electron chi connectivity index (χ2n) is 2.87. The molecule has 0 aliphatic rings. The van der Waals surface area contributed by atoms with E-state index in [1.807, 2.05) is 0 Å². The van der Waals surface area contributed by atoms with Crippen LogP contribution in [0.2, 0.25) is 0 Å². The smallest absolute Gasteiger partial charge is 0.342 e. The zero-order valence-electron chi connectivity index (χ0n) is 8.01. The molecule has 3 N–H and O–H groups in total. The third-order valence-corrected chi connectivity index (χ3v) is 2.02. The lowest BCUT2D eigenvalue weighted by Gasteiger charge is -2.04. The van der Waals surface area contributed by atoms with E-state index in [4.69, 9.17) is 16.1 Å². The number of nitrogens with two attached hydrogens (primary N) is 1. The van der Waals surface area contributed by atoms with Gasteiger partial charge in [-0.3, -0.25) is 10.1 Å². The summed E-state index contributed by atoms with van der Waals surface area (Å²) in [4.78, 5) is 20.7. The fourth-order valence-corrected chi connectivity index (χ4v) is 1.33. The molecular weight excluding hydrogens is 214 g/mol. The van der Waals surface area contributed by atoms with Crippen molar-refractivity contribution in [2.24, 2.45) is 5.73 Å². The summed E-state index contributed by atoms with van der Waals surface area (Å²) in [5.74, 6) is -1.43. The summed E-state index contributed by atoms with van der Waals surface area (Å²) in [5.41, 5.74) is 4.15. The van der Waals surface area contributed by atoms with Crippen LogP contribution >= 0.6 is 0 Å². The summed E-state index contributed by atoms with van der Waals surface area (Å²) in [6, 6.07) is 3.96. The molecule has 1 aromatic rings. The molecular formula is C9H7N3O4. The van der Waals surface area contributed by atoms with Gasteiger partial charge < -0.3 is 10.8 Å². The Morgan fingerprint density at radius 2 is 2.25 bits per heavy atom. The van der Waals surface area contributed by atoms with Crippen molar-refractivity contribution in [3.8, 4) is 6.07 Å². The second-order valence-corrected chi connectivity index (χ2v) is 2.87. The average Bonchev–Trinajstić information content (AvgIpc) is 2.26. The van der Waals surface area contributed by atoms with Crippen molar-refractivity contribution >= 4 is 11.7 Å². The normalized spacial score (nSPS) is 9.50. The molecule has 0 amide bonds. The molecule has 0 spiro atoms. The van der Waals surface area contributed by atoms with Gasteiger partial charge in [-0.25, -0.2) is 4.79 Å². The monoisotopic (exact) mass is 221 g/mol. The molecule has 0 radical (unpaired) electrons. The highest BCUT2D eigenvalue weighted by Gasteiger charge is 2.25. The first-order valence-electron chi connectivity index (χ1n) is 4.16. The van der Waals surface area contributed by atoms with Crippen molar-refractivity contribution in [2.75, 3.05) is 0 Å². The highest BCUT2D eigenvalue weighted by Crippen LogP contribution is 2.26. The molecule has 0 bridgehead atoms. The highest BCUT2D eigenvalue weighted by atomic mass is 16.6. The maximum absolute atomic E-state index is 10.8. The minimum Gasteiger partial charge on any atom is -0.477 e. The van der Waals surface area contributed by atoms with Gasteiger partial charge in [0.25, 0.3) is 5.69 Å². The lowest BCUT2D eigenvalue weighted by Crippen LogP contribution is -2.10. The van der Waals surface area contributed by atoms with Crippen LogP contribution in [-0.4, -0.2) is 16.0 Å². The number of carboxylic acids is 1. The van der Waals surface area contributed by atoms with E-state index in [9.17, 15) is 14.9 Å². The van der Waals surface area contributed by atoms with Gasteiger partial charge in [0.2, 0.25) is 0 Å². The number of carbonyl (C=O) groups is 1. The first-order chi connectivity index (χ1) is 7.52. The van der Waals surface area contributed by atoms with Crippen LogP contribution in [0.4, 0.5) is 5.69 Å². The number of benzene rings is 1. The molecule has 0 saturated carbocycles. The van der Waals surface area contributed by atoms with Crippen LogP contribution < -0.4 is 5.73 Å². The SMILES string of the molecule is N#Cc1ccc(C(=O)O)c([N+](=O)[O-])c1CN. The lowest BCUT2D eigenvalue weighted by molar-refractivity contribution is -0.385. The van der Waals surface area contributed by atoms with Crippen LogP contribution in [0.5, 0.6) is 0 Å². The second kappa shape index (κ2) is 4.37. The third-order valence-electron chi connectivity index (χ3n) is 2.02. The summed E-state index contributed by atoms with van der Waals surface area (Å²) in [6.07, 6.45) is 0. The number of nitro benzene ring substituents is 1. The van der Waals surface area contributed by atoms with Gasteiger partial charge in [0.1, 0.15) is 5.56 Å². The van der Waals surface area contributed by atoms with E-state index in [1.54, 1.807) is 6.07 Å². The Morgan fingerprint density at radius 1 is 1.62 bits per heavy atom. The standard InChI is InChI=1S/C9H7N3O4/c10-3-5-1-2-6(9(13)14)8(12(15)16)7(5)4-11/h1-2H,4,11H2,(H,13,14). The van der Waals surface area contributed by atoms with E-state index in [0.29, 0.717) is 0 Å². The van der Waals surface area contributed by atoms with E-state index >= 15 is 0 Å². The molecule has 0 heterocycles. The van der Waals surface area contributed by atoms with Gasteiger partial charge in [0, 0.05) is 6.54 Å². The van der Waals surface area contributed by atoms with Crippen LogP contribution in [-0.2, 0) is 6.54 Å². The number of hydrogen-bond donors (Lipinski definition) is 2. The van der Waals surface area contributed by atoms with Crippen LogP contribution in [0.25, 0.3) is 0 Å². The number of aromatic carboxylic acids is 1. The van der Waals surface area contributed by atoms with Gasteiger partial charge >= 0.3 is 5.97 Å². The van der Waals surface area contributed by atoms with Gasteiger partial charge in [-0.05, 0) is 12.1 Å². The lowest BCUT2D eigenvalue weighted by atomic mass is 10.0. The summed E-state index contributed by atoms with van der Waals surface area (Å²) < 4.78 is 0. The predicted octanol–water partition coefficient (Wildman–Crippen LogP) is 0.623. The summed E-state index contributed by atoms with van der Waals surface area (Å²) >= 11 is 0. The number of hydrogen-bond acceptors (Lipinski definition) is 5. The van der Waals surface area contributed by atoms with E-state index in [2.05, 4.69) is 0 Å². The van der Waals surface area contributed by atoms with Crippen molar-refractivity contribution in [2.45, 2.75) is 6.54 Å². The third kappa shape index (κ3) is 1.82. The molecule has 0 aliphatic carbocycles. The molecule has 16 heavy (non-hydrogen) atoms. The Labute approximate surface area is 89.9 Å². The molecule has 0 saturated heterocycles. The predicted molar refractivity (Wildman–Crippen MR) is 52.7 cm³/mol. The molecule has 0 unspecified atom stereocenters. The molecule has 0 aliphatic heterocycles. The zero-order chi connectivity index (χ0) is 12.3. The largest absolute Gasteiger partial charge is 0.477 e. The van der Waals surface area contributed by atoms with Crippen molar-refractivity contribution in [3.05, 3.63) is 38.9 Å². The Bertz CT molecular complexity index is 504. The van der Waals surface area contributed by atoms with Crippen LogP contribution in [0.3, 0.4) is 0 Å². The van der Waals surface area contributed by atoms with Gasteiger partial charge in [-0.15, -0.1) is 0 Å². The van der Waals surface area contributed by atoms with E-state index in [0.717, 1.165) is 6.07 Å². The van der Waals surface area contributed by atoms with Gasteiger partial charge in [-0.1, -0.05) is 0 Å². The number of carboxylic acid groups (broad SMARTS) is 1. The highest BCUT2D eigenvalue weighted by molar-refractivity contribution is 5.93. The zero-order valence-corrected chi connectivity index (χ0v) is 8.01. The summed E-state index contributed by atoms with van der Waals surface area (Å²) in [7, 11) is 0. The summed E-state index contributed by atoms with van der Waals surface area (Å²) in [5, 5.41) is 28.2. The average molecular weight is 221 g/mol. The molecule has 1 aromatic carbocycles. The molecule has 7 heteroatoms. The van der Waals surface area contributed by atoms with Gasteiger partial charge in [0.15, 0.2) is 0 Å². The Hall–Kier alpha value is -2.46. The maximum Gasteiger partial charge on any atom is 0.342 e.